The number of carbonyl (C=O) groups excluding carboxylic acids is 1. The Morgan fingerprint density at radius 1 is 1.38 bits per heavy atom. The number of rotatable bonds is 5. The van der Waals surface area contributed by atoms with Gasteiger partial charge in [-0.15, -0.1) is 0 Å². The van der Waals surface area contributed by atoms with E-state index in [4.69, 9.17) is 5.11 Å². The molecule has 0 saturated heterocycles. The van der Waals surface area contributed by atoms with Gasteiger partial charge in [0.1, 0.15) is 0 Å². The molecule has 0 aliphatic heterocycles. The van der Waals surface area contributed by atoms with Crippen molar-refractivity contribution in [3.05, 3.63) is 42.2 Å². The summed E-state index contributed by atoms with van der Waals surface area (Å²) in [6.07, 6.45) is 3.50. The van der Waals surface area contributed by atoms with Crippen molar-refractivity contribution in [2.45, 2.75) is 32.7 Å². The Kier molecular flexibility index (Phi) is 4.02. The number of amides is 1. The lowest BCUT2D eigenvalue weighted by Gasteiger charge is -2.33. The van der Waals surface area contributed by atoms with E-state index in [9.17, 15) is 9.59 Å². The second kappa shape index (κ2) is 5.60. The highest BCUT2D eigenvalue weighted by molar-refractivity contribution is 5.96. The second-order valence-electron chi connectivity index (χ2n) is 5.86. The quantitative estimate of drug-likeness (QED) is 0.888. The number of nitrogens with zero attached hydrogens (tertiary/aromatic N) is 1. The van der Waals surface area contributed by atoms with Crippen molar-refractivity contribution in [3.8, 4) is 0 Å². The van der Waals surface area contributed by atoms with E-state index in [2.05, 4.69) is 5.32 Å². The van der Waals surface area contributed by atoms with Crippen LogP contribution in [0.3, 0.4) is 0 Å². The average molecular weight is 288 g/mol. The van der Waals surface area contributed by atoms with Gasteiger partial charge in [0.05, 0.1) is 17.5 Å². The van der Waals surface area contributed by atoms with Crippen LogP contribution in [0.25, 0.3) is 5.52 Å². The molecule has 1 atom stereocenters. The molecule has 5 nitrogen and oxygen atoms in total. The fourth-order valence-corrected chi connectivity index (χ4v) is 2.22. The van der Waals surface area contributed by atoms with E-state index < -0.39 is 11.5 Å². The zero-order valence-electron chi connectivity index (χ0n) is 12.5. The molecule has 5 heteroatoms. The van der Waals surface area contributed by atoms with Crippen LogP contribution in [0.2, 0.25) is 0 Å². The van der Waals surface area contributed by atoms with Gasteiger partial charge in [-0.05, 0) is 31.0 Å². The SMILES string of the molecule is CC(C)C(C)(CC(=O)O)NC(=O)c1cc2ccccn2c1. The number of hydrogen-bond acceptors (Lipinski definition) is 2. The van der Waals surface area contributed by atoms with E-state index in [1.165, 1.54) is 0 Å². The highest BCUT2D eigenvalue weighted by atomic mass is 16.4. The smallest absolute Gasteiger partial charge is 0.305 e. The van der Waals surface area contributed by atoms with E-state index in [-0.39, 0.29) is 18.2 Å². The number of carbonyl (C=O) groups is 2. The molecular formula is C16H20N2O3. The minimum atomic E-state index is -0.923. The van der Waals surface area contributed by atoms with E-state index >= 15 is 0 Å². The van der Waals surface area contributed by atoms with Crippen molar-refractivity contribution >= 4 is 17.4 Å². The van der Waals surface area contributed by atoms with Crippen LogP contribution in [0.1, 0.15) is 37.6 Å². The maximum Gasteiger partial charge on any atom is 0.305 e. The molecule has 0 aliphatic rings. The van der Waals surface area contributed by atoms with Crippen LogP contribution in [-0.2, 0) is 4.79 Å². The summed E-state index contributed by atoms with van der Waals surface area (Å²) in [6.45, 7) is 5.57. The molecule has 0 saturated carbocycles. The summed E-state index contributed by atoms with van der Waals surface area (Å²) in [7, 11) is 0. The van der Waals surface area contributed by atoms with Crippen LogP contribution in [-0.4, -0.2) is 26.9 Å². The number of nitrogens with one attached hydrogen (secondary N) is 1. The zero-order chi connectivity index (χ0) is 15.6. The van der Waals surface area contributed by atoms with E-state index in [0.29, 0.717) is 5.56 Å². The first kappa shape index (κ1) is 15.1. The van der Waals surface area contributed by atoms with Gasteiger partial charge in [-0.1, -0.05) is 19.9 Å². The molecular weight excluding hydrogens is 268 g/mol. The molecule has 0 bridgehead atoms. The maximum absolute atomic E-state index is 12.4. The van der Waals surface area contributed by atoms with E-state index in [1.807, 2.05) is 42.6 Å². The van der Waals surface area contributed by atoms with E-state index in [0.717, 1.165) is 5.52 Å². The summed E-state index contributed by atoms with van der Waals surface area (Å²) in [4.78, 5) is 23.4. The fraction of sp³-hybridized carbons (Fsp3) is 0.375. The molecule has 1 unspecified atom stereocenters. The molecule has 112 valence electrons. The Morgan fingerprint density at radius 3 is 2.67 bits per heavy atom. The third-order valence-electron chi connectivity index (χ3n) is 3.96. The van der Waals surface area contributed by atoms with Crippen LogP contribution in [0.15, 0.2) is 36.7 Å². The molecule has 0 radical (unpaired) electrons. The van der Waals surface area contributed by atoms with Gasteiger partial charge >= 0.3 is 5.97 Å². The lowest BCUT2D eigenvalue weighted by atomic mass is 9.85. The lowest BCUT2D eigenvalue weighted by molar-refractivity contribution is -0.138. The van der Waals surface area contributed by atoms with Crippen LogP contribution >= 0.6 is 0 Å². The largest absolute Gasteiger partial charge is 0.481 e. The van der Waals surface area contributed by atoms with Gasteiger partial charge in [0.2, 0.25) is 0 Å². The number of carboxylic acids is 1. The molecule has 0 spiro atoms. The Morgan fingerprint density at radius 2 is 2.10 bits per heavy atom. The molecule has 2 aromatic rings. The second-order valence-corrected chi connectivity index (χ2v) is 5.86. The molecule has 2 aromatic heterocycles. The van der Waals surface area contributed by atoms with Crippen molar-refractivity contribution < 1.29 is 14.7 Å². The number of hydrogen-bond donors (Lipinski definition) is 2. The van der Waals surface area contributed by atoms with Gasteiger partial charge in [0, 0.05) is 17.9 Å². The molecule has 0 aliphatic carbocycles. The highest BCUT2D eigenvalue weighted by Gasteiger charge is 2.33. The standard InChI is InChI=1S/C16H20N2O3/c1-11(2)16(3,9-14(19)20)17-15(21)12-8-13-6-4-5-7-18(13)10-12/h4-8,10-11H,9H2,1-3H3,(H,17,21)(H,19,20). The van der Waals surface area contributed by atoms with Gasteiger partial charge in [0.25, 0.3) is 5.91 Å². The van der Waals surface area contributed by atoms with Crippen molar-refractivity contribution in [3.63, 3.8) is 0 Å². The van der Waals surface area contributed by atoms with E-state index in [1.54, 1.807) is 19.2 Å². The first-order valence-electron chi connectivity index (χ1n) is 6.93. The molecule has 0 aromatic carbocycles. The highest BCUT2D eigenvalue weighted by Crippen LogP contribution is 2.22. The summed E-state index contributed by atoms with van der Waals surface area (Å²) in [6, 6.07) is 7.49. The van der Waals surface area contributed by atoms with Gasteiger partial charge in [-0.25, -0.2) is 0 Å². The Balaban J connectivity index is 2.24. The van der Waals surface area contributed by atoms with Crippen LogP contribution in [0, 0.1) is 5.92 Å². The molecule has 1 amide bonds. The summed E-state index contributed by atoms with van der Waals surface area (Å²) < 4.78 is 1.86. The minimum Gasteiger partial charge on any atom is -0.481 e. The third-order valence-corrected chi connectivity index (χ3v) is 3.96. The lowest BCUT2D eigenvalue weighted by Crippen LogP contribution is -2.51. The van der Waals surface area contributed by atoms with Gasteiger partial charge < -0.3 is 14.8 Å². The maximum atomic E-state index is 12.4. The van der Waals surface area contributed by atoms with Crippen LogP contribution in [0.5, 0.6) is 0 Å². The van der Waals surface area contributed by atoms with Crippen molar-refractivity contribution in [2.75, 3.05) is 0 Å². The van der Waals surface area contributed by atoms with Gasteiger partial charge in [0.15, 0.2) is 0 Å². The molecule has 21 heavy (non-hydrogen) atoms. The summed E-state index contributed by atoms with van der Waals surface area (Å²) >= 11 is 0. The number of aromatic nitrogens is 1. The molecule has 0 fully saturated rings. The van der Waals surface area contributed by atoms with Gasteiger partial charge in [-0.3, -0.25) is 9.59 Å². The molecule has 2 heterocycles. The zero-order valence-corrected chi connectivity index (χ0v) is 12.5. The number of pyridine rings is 1. The Labute approximate surface area is 123 Å². The normalized spacial score (nSPS) is 14.1. The summed E-state index contributed by atoms with van der Waals surface area (Å²) in [5.41, 5.74) is 0.669. The predicted molar refractivity (Wildman–Crippen MR) is 80.4 cm³/mol. The topological polar surface area (TPSA) is 70.8 Å². The van der Waals surface area contributed by atoms with Crippen LogP contribution in [0.4, 0.5) is 0 Å². The monoisotopic (exact) mass is 288 g/mol. The van der Waals surface area contributed by atoms with Crippen molar-refractivity contribution in [2.24, 2.45) is 5.92 Å². The first-order chi connectivity index (χ1) is 9.82. The van der Waals surface area contributed by atoms with Crippen molar-refractivity contribution in [1.29, 1.82) is 0 Å². The Bertz CT molecular complexity index is 642. The predicted octanol–water partition coefficient (Wildman–Crippen LogP) is 2.56. The fourth-order valence-electron chi connectivity index (χ4n) is 2.22. The third kappa shape index (κ3) is 3.24. The minimum absolute atomic E-state index is 0.00887. The summed E-state index contributed by atoms with van der Waals surface area (Å²) in [5, 5.41) is 11.9. The molecule has 2 rings (SSSR count). The average Bonchev–Trinajstić information content (AvgIpc) is 2.81. The molecule has 2 N–H and O–H groups in total. The van der Waals surface area contributed by atoms with Crippen LogP contribution < -0.4 is 5.32 Å². The first-order valence-corrected chi connectivity index (χ1v) is 6.93. The number of carboxylic acid groups (broad SMARTS) is 1. The van der Waals surface area contributed by atoms with Gasteiger partial charge in [-0.2, -0.15) is 0 Å². The summed E-state index contributed by atoms with van der Waals surface area (Å²) in [5.74, 6) is -1.17. The van der Waals surface area contributed by atoms with Crippen molar-refractivity contribution in [1.82, 2.24) is 9.72 Å². The number of fused-ring (bicyclic) bond motifs is 1. The Hall–Kier alpha value is -2.30. The number of aliphatic carboxylic acids is 1.